The number of ether oxygens (including phenoxy) is 2. The summed E-state index contributed by atoms with van der Waals surface area (Å²) in [5, 5.41) is 0. The van der Waals surface area contributed by atoms with Crippen LogP contribution in [-0.4, -0.2) is 49.2 Å². The summed E-state index contributed by atoms with van der Waals surface area (Å²) in [5.41, 5.74) is 0.511. The van der Waals surface area contributed by atoms with E-state index in [1.165, 1.54) is 7.11 Å². The summed E-state index contributed by atoms with van der Waals surface area (Å²) in [6.45, 7) is 0. The lowest BCUT2D eigenvalue weighted by Gasteiger charge is -2.40. The van der Waals surface area contributed by atoms with E-state index in [-0.39, 0.29) is 18.0 Å². The molecule has 0 amide bonds. The van der Waals surface area contributed by atoms with Gasteiger partial charge in [-0.25, -0.2) is 4.79 Å². The van der Waals surface area contributed by atoms with Gasteiger partial charge in [-0.05, 0) is 32.0 Å². The van der Waals surface area contributed by atoms with Crippen molar-refractivity contribution in [2.75, 3.05) is 14.2 Å². The summed E-state index contributed by atoms with van der Waals surface area (Å²) >= 11 is 0. The number of nitrogens with zero attached hydrogens (tertiary/aromatic N) is 1. The fourth-order valence-electron chi connectivity index (χ4n) is 3.77. The zero-order valence-corrected chi connectivity index (χ0v) is 12.9. The molecule has 1 aromatic rings. The van der Waals surface area contributed by atoms with Crippen LogP contribution in [0.4, 0.5) is 0 Å². The molecule has 0 aliphatic carbocycles. The van der Waals surface area contributed by atoms with Crippen molar-refractivity contribution in [3.8, 4) is 0 Å². The number of methoxy groups -OCH3 is 1. The van der Waals surface area contributed by atoms with Crippen LogP contribution >= 0.6 is 0 Å². The van der Waals surface area contributed by atoms with E-state index in [1.54, 1.807) is 24.3 Å². The summed E-state index contributed by atoms with van der Waals surface area (Å²) in [4.78, 5) is 26.7. The fraction of sp³-hybridized carbons (Fsp3) is 0.529. The normalized spacial score (nSPS) is 30.8. The van der Waals surface area contributed by atoms with Crippen LogP contribution in [0.15, 0.2) is 30.3 Å². The first-order valence-corrected chi connectivity index (χ1v) is 7.67. The summed E-state index contributed by atoms with van der Waals surface area (Å²) in [7, 11) is 3.42. The SMILES string of the molecule is COC(=O)[C@@H]1[C@@H](OC(=O)c2ccccc2)C[C@H]2CC[C@H]1N2C. The van der Waals surface area contributed by atoms with Gasteiger partial charge in [0, 0.05) is 18.5 Å². The van der Waals surface area contributed by atoms with Crippen molar-refractivity contribution in [2.45, 2.75) is 37.5 Å². The molecular weight excluding hydrogens is 282 g/mol. The van der Waals surface area contributed by atoms with Crippen LogP contribution in [0.5, 0.6) is 0 Å². The van der Waals surface area contributed by atoms with Gasteiger partial charge in [0.2, 0.25) is 0 Å². The van der Waals surface area contributed by atoms with Gasteiger partial charge in [0.25, 0.3) is 0 Å². The van der Waals surface area contributed by atoms with E-state index in [4.69, 9.17) is 9.47 Å². The van der Waals surface area contributed by atoms with Gasteiger partial charge < -0.3 is 9.47 Å². The van der Waals surface area contributed by atoms with Crippen molar-refractivity contribution < 1.29 is 19.1 Å². The highest BCUT2D eigenvalue weighted by atomic mass is 16.6. The highest BCUT2D eigenvalue weighted by Crippen LogP contribution is 2.40. The molecule has 0 spiro atoms. The standard InChI is InChI=1S/C17H21NO4/c1-18-12-8-9-13(18)15(17(20)21-2)14(10-12)22-16(19)11-6-4-3-5-7-11/h3-7,12-15H,8-10H2,1-2H3/t12-,13-,14+,15+/m1/s1. The van der Waals surface area contributed by atoms with Crippen molar-refractivity contribution in [2.24, 2.45) is 5.92 Å². The number of hydrogen-bond donors (Lipinski definition) is 0. The zero-order valence-electron chi connectivity index (χ0n) is 12.9. The smallest absolute Gasteiger partial charge is 0.338 e. The minimum absolute atomic E-state index is 0.0970. The Bertz CT molecular complexity index is 559. The van der Waals surface area contributed by atoms with Crippen molar-refractivity contribution in [3.05, 3.63) is 35.9 Å². The minimum Gasteiger partial charge on any atom is -0.469 e. The van der Waals surface area contributed by atoms with E-state index in [9.17, 15) is 9.59 Å². The lowest BCUT2D eigenvalue weighted by atomic mass is 9.87. The lowest BCUT2D eigenvalue weighted by Crippen LogP contribution is -2.53. The molecule has 2 saturated heterocycles. The second-order valence-corrected chi connectivity index (χ2v) is 6.06. The Labute approximate surface area is 130 Å². The molecule has 3 rings (SSSR count). The first-order chi connectivity index (χ1) is 10.6. The first kappa shape index (κ1) is 15.0. The second kappa shape index (κ2) is 6.08. The number of benzene rings is 1. The maximum atomic E-state index is 12.3. The predicted octanol–water partition coefficient (Wildman–Crippen LogP) is 1.87. The molecule has 118 valence electrons. The Morgan fingerprint density at radius 1 is 1.18 bits per heavy atom. The van der Waals surface area contributed by atoms with Crippen molar-refractivity contribution in [3.63, 3.8) is 0 Å². The molecule has 2 bridgehead atoms. The van der Waals surface area contributed by atoms with Crippen LogP contribution < -0.4 is 0 Å². The number of rotatable bonds is 3. The molecule has 0 unspecified atom stereocenters. The van der Waals surface area contributed by atoms with Crippen LogP contribution in [0.1, 0.15) is 29.6 Å². The van der Waals surface area contributed by atoms with Crippen LogP contribution in [0, 0.1) is 5.92 Å². The predicted molar refractivity (Wildman–Crippen MR) is 80.3 cm³/mol. The number of hydrogen-bond acceptors (Lipinski definition) is 5. The third-order valence-corrected chi connectivity index (χ3v) is 4.96. The maximum absolute atomic E-state index is 12.3. The topological polar surface area (TPSA) is 55.8 Å². The fourth-order valence-corrected chi connectivity index (χ4v) is 3.77. The highest BCUT2D eigenvalue weighted by Gasteiger charge is 2.50. The van der Waals surface area contributed by atoms with Gasteiger partial charge in [-0.2, -0.15) is 0 Å². The molecule has 5 nitrogen and oxygen atoms in total. The lowest BCUT2D eigenvalue weighted by molar-refractivity contribution is -0.156. The molecule has 0 saturated carbocycles. The average molecular weight is 303 g/mol. The molecule has 22 heavy (non-hydrogen) atoms. The Kier molecular flexibility index (Phi) is 4.16. The average Bonchev–Trinajstić information content (AvgIpc) is 2.78. The van der Waals surface area contributed by atoms with Crippen LogP contribution in [-0.2, 0) is 14.3 Å². The number of carbonyl (C=O) groups excluding carboxylic acids is 2. The number of fused-ring (bicyclic) bond motifs is 2. The van der Waals surface area contributed by atoms with E-state index in [1.807, 2.05) is 13.1 Å². The molecule has 2 aliphatic heterocycles. The number of piperidine rings is 1. The quantitative estimate of drug-likeness (QED) is 0.798. The van der Waals surface area contributed by atoms with Gasteiger partial charge in [-0.1, -0.05) is 18.2 Å². The van der Waals surface area contributed by atoms with Gasteiger partial charge in [0.05, 0.1) is 12.7 Å². The van der Waals surface area contributed by atoms with Gasteiger partial charge in [0.15, 0.2) is 0 Å². The molecule has 0 radical (unpaired) electrons. The second-order valence-electron chi connectivity index (χ2n) is 6.06. The molecular formula is C17H21NO4. The molecule has 2 heterocycles. The van der Waals surface area contributed by atoms with E-state index in [0.29, 0.717) is 18.0 Å². The van der Waals surface area contributed by atoms with E-state index < -0.39 is 12.0 Å². The third kappa shape index (κ3) is 2.61. The Hall–Kier alpha value is -1.88. The molecule has 0 N–H and O–H groups in total. The van der Waals surface area contributed by atoms with Crippen LogP contribution in [0.3, 0.4) is 0 Å². The van der Waals surface area contributed by atoms with E-state index >= 15 is 0 Å². The first-order valence-electron chi connectivity index (χ1n) is 7.67. The Morgan fingerprint density at radius 2 is 1.91 bits per heavy atom. The van der Waals surface area contributed by atoms with Crippen molar-refractivity contribution in [1.82, 2.24) is 4.90 Å². The molecule has 2 fully saturated rings. The summed E-state index contributed by atoms with van der Waals surface area (Å²) in [6, 6.07) is 9.36. The molecule has 5 heteroatoms. The summed E-state index contributed by atoms with van der Waals surface area (Å²) in [6.07, 6.45) is 2.26. The van der Waals surface area contributed by atoms with Crippen LogP contribution in [0.2, 0.25) is 0 Å². The van der Waals surface area contributed by atoms with Crippen LogP contribution in [0.25, 0.3) is 0 Å². The summed E-state index contributed by atoms with van der Waals surface area (Å²) in [5.74, 6) is -1.06. The van der Waals surface area contributed by atoms with E-state index in [2.05, 4.69) is 4.90 Å². The highest BCUT2D eigenvalue weighted by molar-refractivity contribution is 5.89. The number of esters is 2. The molecule has 2 aliphatic rings. The van der Waals surface area contributed by atoms with Gasteiger partial charge in [-0.3, -0.25) is 9.69 Å². The molecule has 0 aromatic heterocycles. The van der Waals surface area contributed by atoms with E-state index in [0.717, 1.165) is 12.8 Å². The number of carbonyl (C=O) groups is 2. The Balaban J connectivity index is 1.79. The van der Waals surface area contributed by atoms with Crippen molar-refractivity contribution >= 4 is 11.9 Å². The molecule has 4 atom stereocenters. The minimum atomic E-state index is -0.408. The van der Waals surface area contributed by atoms with Crippen molar-refractivity contribution in [1.29, 1.82) is 0 Å². The zero-order chi connectivity index (χ0) is 15.7. The third-order valence-electron chi connectivity index (χ3n) is 4.96. The largest absolute Gasteiger partial charge is 0.469 e. The summed E-state index contributed by atoms with van der Waals surface area (Å²) < 4.78 is 10.6. The van der Waals surface area contributed by atoms with Gasteiger partial charge in [-0.15, -0.1) is 0 Å². The maximum Gasteiger partial charge on any atom is 0.338 e. The van der Waals surface area contributed by atoms with Gasteiger partial charge in [0.1, 0.15) is 12.0 Å². The molecule has 1 aromatic carbocycles. The van der Waals surface area contributed by atoms with Gasteiger partial charge >= 0.3 is 11.9 Å². The monoisotopic (exact) mass is 303 g/mol. The Morgan fingerprint density at radius 3 is 2.59 bits per heavy atom.